The molecule has 1 aromatic carbocycles. The molecule has 23 heavy (non-hydrogen) atoms. The second-order valence-corrected chi connectivity index (χ2v) is 7.43. The van der Waals surface area contributed by atoms with E-state index in [4.69, 9.17) is 9.72 Å². The molecule has 1 atom stereocenters. The average Bonchev–Trinajstić information content (AvgIpc) is 2.52. The van der Waals surface area contributed by atoms with Crippen LogP contribution in [0.25, 0.3) is 10.9 Å². The van der Waals surface area contributed by atoms with Crippen molar-refractivity contribution in [3.8, 4) is 0 Å². The standard InChI is InChI=1S/C18H22N2O2S/c1-4-11-23-17-19-15-8-6-5-7-14(15)16(21)20(17)13-9-10-22-18(2,3)12-13/h4-8,13H,1,9-12H2,2-3H3/t13-/m0/s1. The summed E-state index contributed by atoms with van der Waals surface area (Å²) in [5, 5.41) is 1.45. The van der Waals surface area contributed by atoms with Crippen molar-refractivity contribution in [3.63, 3.8) is 0 Å². The van der Waals surface area contributed by atoms with Gasteiger partial charge in [-0.3, -0.25) is 9.36 Å². The molecule has 1 saturated heterocycles. The molecule has 0 spiro atoms. The lowest BCUT2D eigenvalue weighted by molar-refractivity contribution is -0.0708. The molecule has 2 aromatic rings. The fourth-order valence-corrected chi connectivity index (χ4v) is 3.90. The lowest BCUT2D eigenvalue weighted by Crippen LogP contribution is -2.39. The van der Waals surface area contributed by atoms with Crippen LogP contribution < -0.4 is 5.56 Å². The Kier molecular flexibility index (Phi) is 4.60. The van der Waals surface area contributed by atoms with E-state index >= 15 is 0 Å². The molecule has 5 heteroatoms. The van der Waals surface area contributed by atoms with Crippen LogP contribution in [0.15, 0.2) is 46.9 Å². The quantitative estimate of drug-likeness (QED) is 0.486. The van der Waals surface area contributed by atoms with E-state index in [-0.39, 0.29) is 17.2 Å². The van der Waals surface area contributed by atoms with E-state index < -0.39 is 0 Å². The van der Waals surface area contributed by atoms with Gasteiger partial charge in [-0.1, -0.05) is 30.0 Å². The van der Waals surface area contributed by atoms with Gasteiger partial charge in [0.25, 0.3) is 5.56 Å². The molecule has 1 aliphatic rings. The Morgan fingerprint density at radius 3 is 3.00 bits per heavy atom. The SMILES string of the molecule is C=CCSc1nc2ccccc2c(=O)n1[C@H]1CCOC(C)(C)C1. The molecule has 1 aliphatic heterocycles. The van der Waals surface area contributed by atoms with E-state index in [1.54, 1.807) is 11.8 Å². The zero-order chi connectivity index (χ0) is 16.4. The predicted molar refractivity (Wildman–Crippen MR) is 95.2 cm³/mol. The number of ether oxygens (including phenoxy) is 1. The number of thioether (sulfide) groups is 1. The van der Waals surface area contributed by atoms with E-state index in [1.165, 1.54) is 0 Å². The first-order valence-corrected chi connectivity index (χ1v) is 8.89. The molecule has 1 aromatic heterocycles. The third-order valence-electron chi connectivity index (χ3n) is 4.14. The number of hydrogen-bond donors (Lipinski definition) is 0. The highest BCUT2D eigenvalue weighted by molar-refractivity contribution is 7.99. The number of rotatable bonds is 4. The summed E-state index contributed by atoms with van der Waals surface area (Å²) >= 11 is 1.56. The second kappa shape index (κ2) is 6.49. The van der Waals surface area contributed by atoms with Crippen molar-refractivity contribution in [1.29, 1.82) is 0 Å². The van der Waals surface area contributed by atoms with Crippen LogP contribution in [0.2, 0.25) is 0 Å². The van der Waals surface area contributed by atoms with Crippen molar-refractivity contribution in [2.45, 2.75) is 43.5 Å². The minimum absolute atomic E-state index is 0.0462. The first-order chi connectivity index (χ1) is 11.0. The summed E-state index contributed by atoms with van der Waals surface area (Å²) in [7, 11) is 0. The monoisotopic (exact) mass is 330 g/mol. The summed E-state index contributed by atoms with van der Waals surface area (Å²) in [5.74, 6) is 0.734. The number of nitrogens with zero attached hydrogens (tertiary/aromatic N) is 2. The van der Waals surface area contributed by atoms with Gasteiger partial charge in [-0.05, 0) is 38.8 Å². The van der Waals surface area contributed by atoms with Crippen LogP contribution in [-0.2, 0) is 4.74 Å². The Balaban J connectivity index is 2.14. The number of hydrogen-bond acceptors (Lipinski definition) is 4. The lowest BCUT2D eigenvalue weighted by Gasteiger charge is -2.36. The molecule has 0 bridgehead atoms. The van der Waals surface area contributed by atoms with Crippen molar-refractivity contribution >= 4 is 22.7 Å². The van der Waals surface area contributed by atoms with Crippen molar-refractivity contribution in [2.75, 3.05) is 12.4 Å². The highest BCUT2D eigenvalue weighted by atomic mass is 32.2. The summed E-state index contributed by atoms with van der Waals surface area (Å²) in [6.45, 7) is 8.60. The van der Waals surface area contributed by atoms with E-state index in [9.17, 15) is 4.79 Å². The third-order valence-corrected chi connectivity index (χ3v) is 5.09. The van der Waals surface area contributed by atoms with Gasteiger partial charge in [0.15, 0.2) is 5.16 Å². The summed E-state index contributed by atoms with van der Waals surface area (Å²) in [6, 6.07) is 7.68. The van der Waals surface area contributed by atoms with E-state index in [1.807, 2.05) is 34.9 Å². The Hall–Kier alpha value is -1.59. The smallest absolute Gasteiger partial charge is 0.262 e. The third kappa shape index (κ3) is 3.35. The maximum Gasteiger partial charge on any atom is 0.262 e. The molecular formula is C18H22N2O2S. The van der Waals surface area contributed by atoms with Crippen molar-refractivity contribution in [3.05, 3.63) is 47.3 Å². The van der Waals surface area contributed by atoms with Gasteiger partial charge in [0.1, 0.15) is 0 Å². The molecule has 0 radical (unpaired) electrons. The van der Waals surface area contributed by atoms with E-state index in [0.29, 0.717) is 12.0 Å². The maximum atomic E-state index is 13.1. The molecule has 1 fully saturated rings. The van der Waals surface area contributed by atoms with Crippen molar-refractivity contribution in [2.24, 2.45) is 0 Å². The lowest BCUT2D eigenvalue weighted by atomic mass is 9.93. The Morgan fingerprint density at radius 2 is 2.26 bits per heavy atom. The molecule has 2 heterocycles. The molecule has 0 amide bonds. The highest BCUT2D eigenvalue weighted by Gasteiger charge is 2.32. The van der Waals surface area contributed by atoms with Gasteiger partial charge in [-0.15, -0.1) is 6.58 Å². The zero-order valence-electron chi connectivity index (χ0n) is 13.6. The fraction of sp³-hybridized carbons (Fsp3) is 0.444. The molecule has 0 aliphatic carbocycles. The van der Waals surface area contributed by atoms with Crippen LogP contribution in [0.1, 0.15) is 32.7 Å². The summed E-state index contributed by atoms with van der Waals surface area (Å²) in [4.78, 5) is 17.8. The molecule has 3 rings (SSSR count). The summed E-state index contributed by atoms with van der Waals surface area (Å²) in [5.41, 5.74) is 0.588. The molecule has 0 saturated carbocycles. The van der Waals surface area contributed by atoms with Gasteiger partial charge in [0, 0.05) is 18.4 Å². The zero-order valence-corrected chi connectivity index (χ0v) is 14.4. The largest absolute Gasteiger partial charge is 0.375 e. The Morgan fingerprint density at radius 1 is 1.48 bits per heavy atom. The van der Waals surface area contributed by atoms with Gasteiger partial charge in [0.05, 0.1) is 16.5 Å². The summed E-state index contributed by atoms with van der Waals surface area (Å²) < 4.78 is 7.68. The molecule has 4 nitrogen and oxygen atoms in total. The summed E-state index contributed by atoms with van der Waals surface area (Å²) in [6.07, 6.45) is 3.49. The first kappa shape index (κ1) is 16.3. The Bertz CT molecular complexity index is 782. The molecule has 122 valence electrons. The first-order valence-electron chi connectivity index (χ1n) is 7.91. The van der Waals surface area contributed by atoms with Crippen LogP contribution in [0.5, 0.6) is 0 Å². The Labute approximate surface area is 140 Å². The fourth-order valence-electron chi connectivity index (χ4n) is 3.10. The van der Waals surface area contributed by atoms with Gasteiger partial charge < -0.3 is 4.74 Å². The number of benzene rings is 1. The van der Waals surface area contributed by atoms with Gasteiger partial charge >= 0.3 is 0 Å². The van der Waals surface area contributed by atoms with Gasteiger partial charge in [-0.25, -0.2) is 4.98 Å². The highest BCUT2D eigenvalue weighted by Crippen LogP contribution is 2.33. The maximum absolute atomic E-state index is 13.1. The van der Waals surface area contributed by atoms with E-state index in [0.717, 1.165) is 29.3 Å². The topological polar surface area (TPSA) is 44.1 Å². The van der Waals surface area contributed by atoms with Crippen molar-refractivity contribution < 1.29 is 4.74 Å². The van der Waals surface area contributed by atoms with Crippen LogP contribution in [0, 0.1) is 0 Å². The number of para-hydroxylation sites is 1. The van der Waals surface area contributed by atoms with Crippen molar-refractivity contribution in [1.82, 2.24) is 9.55 Å². The van der Waals surface area contributed by atoms with Crippen LogP contribution >= 0.6 is 11.8 Å². The average molecular weight is 330 g/mol. The predicted octanol–water partition coefficient (Wildman–Crippen LogP) is 3.80. The number of aromatic nitrogens is 2. The second-order valence-electron chi connectivity index (χ2n) is 6.44. The number of fused-ring (bicyclic) bond motifs is 1. The van der Waals surface area contributed by atoms with Crippen LogP contribution in [-0.4, -0.2) is 27.5 Å². The van der Waals surface area contributed by atoms with Crippen LogP contribution in [0.4, 0.5) is 0 Å². The molecule has 0 unspecified atom stereocenters. The molecular weight excluding hydrogens is 308 g/mol. The minimum atomic E-state index is -0.214. The minimum Gasteiger partial charge on any atom is -0.375 e. The van der Waals surface area contributed by atoms with Crippen LogP contribution in [0.3, 0.4) is 0 Å². The van der Waals surface area contributed by atoms with Gasteiger partial charge in [0.2, 0.25) is 0 Å². The normalized spacial score (nSPS) is 20.5. The van der Waals surface area contributed by atoms with E-state index in [2.05, 4.69) is 20.4 Å². The molecule has 0 N–H and O–H groups in total. The van der Waals surface area contributed by atoms with Gasteiger partial charge in [-0.2, -0.15) is 0 Å².